The molecule has 0 spiro atoms. The molecule has 0 unspecified atom stereocenters. The van der Waals surface area contributed by atoms with Crippen molar-refractivity contribution in [1.82, 2.24) is 9.29 Å². The molecule has 0 bridgehead atoms. The molecule has 0 amide bonds. The molecule has 0 saturated carbocycles. The first-order valence-electron chi connectivity index (χ1n) is 8.27. The SMILES string of the molecule is CCN(C)S(=O)(=O)Nc1ccc(F)c(C(=O)C2=CCc3ncc(Br)cc32)c1F. The van der Waals surface area contributed by atoms with E-state index in [2.05, 4.69) is 20.9 Å². The molecule has 28 heavy (non-hydrogen) atoms. The van der Waals surface area contributed by atoms with E-state index in [4.69, 9.17) is 0 Å². The maximum Gasteiger partial charge on any atom is 0.301 e. The van der Waals surface area contributed by atoms with Crippen molar-refractivity contribution in [3.05, 3.63) is 63.4 Å². The summed E-state index contributed by atoms with van der Waals surface area (Å²) in [5.74, 6) is -3.22. The second-order valence-corrected chi connectivity index (χ2v) is 8.80. The van der Waals surface area contributed by atoms with Crippen LogP contribution in [-0.4, -0.2) is 37.1 Å². The quantitative estimate of drug-likeness (QED) is 0.653. The molecule has 1 aliphatic rings. The number of benzene rings is 1. The number of rotatable bonds is 6. The summed E-state index contributed by atoms with van der Waals surface area (Å²) in [6.07, 6.45) is 3.48. The van der Waals surface area contributed by atoms with Crippen LogP contribution in [0, 0.1) is 11.6 Å². The van der Waals surface area contributed by atoms with Gasteiger partial charge in [-0.3, -0.25) is 14.5 Å². The van der Waals surface area contributed by atoms with Crippen molar-refractivity contribution < 1.29 is 22.0 Å². The van der Waals surface area contributed by atoms with E-state index in [1.54, 1.807) is 25.3 Å². The smallest absolute Gasteiger partial charge is 0.288 e. The van der Waals surface area contributed by atoms with Gasteiger partial charge in [0.1, 0.15) is 5.82 Å². The molecule has 0 atom stereocenters. The zero-order valence-electron chi connectivity index (χ0n) is 15.0. The van der Waals surface area contributed by atoms with Gasteiger partial charge in [-0.25, -0.2) is 8.78 Å². The Kier molecular flexibility index (Phi) is 5.64. The number of ketones is 1. The fourth-order valence-corrected chi connectivity index (χ4v) is 4.01. The third-order valence-corrected chi connectivity index (χ3v) is 6.37. The van der Waals surface area contributed by atoms with Crippen molar-refractivity contribution in [2.45, 2.75) is 13.3 Å². The van der Waals surface area contributed by atoms with E-state index in [-0.39, 0.29) is 12.1 Å². The monoisotopic (exact) mass is 471 g/mol. The standard InChI is InChI=1S/C18H16BrF2N3O3S/c1-3-24(2)28(26,27)23-15-7-5-13(20)16(17(15)21)18(25)11-4-6-14-12(11)8-10(19)9-22-14/h4-5,7-9,23H,3,6H2,1-2H3. The number of nitrogens with zero attached hydrogens (tertiary/aromatic N) is 2. The maximum absolute atomic E-state index is 14.9. The first kappa shape index (κ1) is 20.6. The lowest BCUT2D eigenvalue weighted by molar-refractivity contribution is 0.104. The largest absolute Gasteiger partial charge is 0.301 e. The third kappa shape index (κ3) is 3.71. The van der Waals surface area contributed by atoms with Crippen molar-refractivity contribution in [3.63, 3.8) is 0 Å². The molecule has 1 N–H and O–H groups in total. The van der Waals surface area contributed by atoms with E-state index in [1.165, 1.54) is 7.05 Å². The van der Waals surface area contributed by atoms with E-state index >= 15 is 0 Å². The predicted octanol–water partition coefficient (Wildman–Crippen LogP) is 3.55. The van der Waals surface area contributed by atoms with Gasteiger partial charge in [0.05, 0.1) is 16.9 Å². The second-order valence-electron chi connectivity index (χ2n) is 6.10. The summed E-state index contributed by atoms with van der Waals surface area (Å²) >= 11 is 3.26. The van der Waals surface area contributed by atoms with E-state index < -0.39 is 38.9 Å². The zero-order valence-corrected chi connectivity index (χ0v) is 17.4. The molecule has 10 heteroatoms. The van der Waals surface area contributed by atoms with Crippen LogP contribution in [0.5, 0.6) is 0 Å². The average Bonchev–Trinajstić information content (AvgIpc) is 3.06. The number of Topliss-reactive ketones (excluding diaryl/α,β-unsaturated/α-hetero) is 1. The Labute approximate surface area is 169 Å². The number of pyridine rings is 1. The van der Waals surface area contributed by atoms with Crippen molar-refractivity contribution in [3.8, 4) is 0 Å². The maximum atomic E-state index is 14.9. The Hall–Kier alpha value is -2.17. The molecule has 3 rings (SSSR count). The van der Waals surface area contributed by atoms with Gasteiger partial charge in [-0.2, -0.15) is 12.7 Å². The minimum absolute atomic E-state index is 0.118. The van der Waals surface area contributed by atoms with Gasteiger partial charge >= 0.3 is 10.2 Å². The number of halogens is 3. The van der Waals surface area contributed by atoms with E-state index in [1.807, 2.05) is 4.72 Å². The van der Waals surface area contributed by atoms with Crippen molar-refractivity contribution in [2.75, 3.05) is 18.3 Å². The van der Waals surface area contributed by atoms with Crippen LogP contribution in [0.3, 0.4) is 0 Å². The van der Waals surface area contributed by atoms with E-state index in [9.17, 15) is 22.0 Å². The summed E-state index contributed by atoms with van der Waals surface area (Å²) in [6, 6.07) is 3.45. The van der Waals surface area contributed by atoms with Gasteiger partial charge in [-0.05, 0) is 34.1 Å². The number of hydrogen-bond donors (Lipinski definition) is 1. The van der Waals surface area contributed by atoms with E-state index in [0.29, 0.717) is 22.2 Å². The van der Waals surface area contributed by atoms with Crippen LogP contribution in [0.4, 0.5) is 14.5 Å². The summed E-state index contributed by atoms with van der Waals surface area (Å²) < 4.78 is 57.2. The van der Waals surface area contributed by atoms with Gasteiger partial charge in [0.2, 0.25) is 0 Å². The minimum Gasteiger partial charge on any atom is -0.288 e. The molecule has 0 aliphatic heterocycles. The Morgan fingerprint density at radius 3 is 2.75 bits per heavy atom. The van der Waals surface area contributed by atoms with Crippen LogP contribution in [0.1, 0.15) is 28.5 Å². The van der Waals surface area contributed by atoms with Gasteiger partial charge < -0.3 is 0 Å². The molecule has 1 aliphatic carbocycles. The molecule has 1 heterocycles. The summed E-state index contributed by atoms with van der Waals surface area (Å²) in [4.78, 5) is 17.1. The molecular weight excluding hydrogens is 456 g/mol. The van der Waals surface area contributed by atoms with Crippen LogP contribution in [0.2, 0.25) is 0 Å². The first-order valence-corrected chi connectivity index (χ1v) is 10.5. The summed E-state index contributed by atoms with van der Waals surface area (Å²) in [7, 11) is -2.73. The number of nitrogens with one attached hydrogen (secondary N) is 1. The molecule has 0 radical (unpaired) electrons. The van der Waals surface area contributed by atoms with Gasteiger partial charge in [0, 0.05) is 41.8 Å². The number of hydrogen-bond acceptors (Lipinski definition) is 4. The van der Waals surface area contributed by atoms with E-state index in [0.717, 1.165) is 16.4 Å². The van der Waals surface area contributed by atoms with Crippen molar-refractivity contribution >= 4 is 43.2 Å². The van der Waals surface area contributed by atoms with Crippen LogP contribution in [0.15, 0.2) is 34.9 Å². The molecule has 2 aromatic rings. The predicted molar refractivity (Wildman–Crippen MR) is 105 cm³/mol. The van der Waals surface area contributed by atoms with Crippen LogP contribution in [0.25, 0.3) is 5.57 Å². The summed E-state index contributed by atoms with van der Waals surface area (Å²) in [5, 5.41) is 0. The summed E-state index contributed by atoms with van der Waals surface area (Å²) in [6.45, 7) is 1.75. The first-order chi connectivity index (χ1) is 13.2. The fourth-order valence-electron chi connectivity index (χ4n) is 2.75. The molecular formula is C18H16BrF2N3O3S. The normalized spacial score (nSPS) is 13.4. The molecule has 148 valence electrons. The van der Waals surface area contributed by atoms with Crippen LogP contribution < -0.4 is 4.72 Å². The summed E-state index contributed by atoms with van der Waals surface area (Å²) in [5.41, 5.74) is -0.106. The number of allylic oxidation sites excluding steroid dienone is 2. The number of fused-ring (bicyclic) bond motifs is 1. The van der Waals surface area contributed by atoms with Crippen molar-refractivity contribution in [1.29, 1.82) is 0 Å². The lowest BCUT2D eigenvalue weighted by Gasteiger charge is -2.17. The Bertz CT molecular complexity index is 1100. The average molecular weight is 472 g/mol. The fraction of sp³-hybridized carbons (Fsp3) is 0.222. The molecule has 1 aromatic carbocycles. The van der Waals surface area contributed by atoms with Crippen LogP contribution in [-0.2, 0) is 16.6 Å². The lowest BCUT2D eigenvalue weighted by Crippen LogP contribution is -2.32. The highest BCUT2D eigenvalue weighted by molar-refractivity contribution is 9.10. The number of carbonyl (C=O) groups excluding carboxylic acids is 1. The number of carbonyl (C=O) groups is 1. The molecule has 0 saturated heterocycles. The molecule has 1 aromatic heterocycles. The molecule has 0 fully saturated rings. The lowest BCUT2D eigenvalue weighted by atomic mass is 9.98. The Morgan fingerprint density at radius 1 is 1.36 bits per heavy atom. The topological polar surface area (TPSA) is 79.4 Å². The number of aromatic nitrogens is 1. The van der Waals surface area contributed by atoms with Gasteiger partial charge in [0.15, 0.2) is 11.6 Å². The minimum atomic E-state index is -4.04. The Balaban J connectivity index is 2.02. The van der Waals surface area contributed by atoms with Gasteiger partial charge in [-0.15, -0.1) is 0 Å². The highest BCUT2D eigenvalue weighted by Crippen LogP contribution is 2.33. The van der Waals surface area contributed by atoms with Gasteiger partial charge in [-0.1, -0.05) is 13.0 Å². The third-order valence-electron chi connectivity index (χ3n) is 4.38. The Morgan fingerprint density at radius 2 is 2.07 bits per heavy atom. The van der Waals surface area contributed by atoms with Gasteiger partial charge in [0.25, 0.3) is 0 Å². The second kappa shape index (κ2) is 7.69. The zero-order chi connectivity index (χ0) is 20.6. The highest BCUT2D eigenvalue weighted by Gasteiger charge is 2.29. The molecule has 6 nitrogen and oxygen atoms in total. The number of anilines is 1. The van der Waals surface area contributed by atoms with Crippen molar-refractivity contribution in [2.24, 2.45) is 0 Å². The van der Waals surface area contributed by atoms with Crippen LogP contribution >= 0.6 is 15.9 Å². The highest BCUT2D eigenvalue weighted by atomic mass is 79.9.